The van der Waals surface area contributed by atoms with Gasteiger partial charge in [0.25, 0.3) is 0 Å². The standard InChI is InChI=1S/C15H16FNO2/c1-10-8-11(16)6-7-15(10)19-9-14(18)12-4-2-3-5-13(12)17/h2-8,14,18H,9,17H2,1H3. The van der Waals surface area contributed by atoms with Gasteiger partial charge in [-0.05, 0) is 36.8 Å². The number of ether oxygens (including phenoxy) is 1. The van der Waals surface area contributed by atoms with E-state index in [1.807, 2.05) is 0 Å². The molecule has 0 heterocycles. The summed E-state index contributed by atoms with van der Waals surface area (Å²) >= 11 is 0. The molecule has 0 aliphatic carbocycles. The van der Waals surface area contributed by atoms with E-state index in [1.165, 1.54) is 12.1 Å². The second kappa shape index (κ2) is 5.71. The van der Waals surface area contributed by atoms with Gasteiger partial charge in [-0.25, -0.2) is 4.39 Å². The Morgan fingerprint density at radius 1 is 1.26 bits per heavy atom. The van der Waals surface area contributed by atoms with Crippen LogP contribution in [-0.2, 0) is 0 Å². The van der Waals surface area contributed by atoms with Gasteiger partial charge >= 0.3 is 0 Å². The Hall–Kier alpha value is -2.07. The monoisotopic (exact) mass is 261 g/mol. The Balaban J connectivity index is 2.04. The van der Waals surface area contributed by atoms with Gasteiger partial charge in [-0.2, -0.15) is 0 Å². The molecule has 0 bridgehead atoms. The van der Waals surface area contributed by atoms with E-state index in [-0.39, 0.29) is 12.4 Å². The van der Waals surface area contributed by atoms with E-state index >= 15 is 0 Å². The third-order valence-electron chi connectivity index (χ3n) is 2.89. The first-order chi connectivity index (χ1) is 9.08. The minimum Gasteiger partial charge on any atom is -0.490 e. The van der Waals surface area contributed by atoms with Gasteiger partial charge in [0.2, 0.25) is 0 Å². The summed E-state index contributed by atoms with van der Waals surface area (Å²) in [5.74, 6) is 0.243. The number of nitrogens with two attached hydrogens (primary N) is 1. The lowest BCUT2D eigenvalue weighted by molar-refractivity contribution is 0.108. The fourth-order valence-corrected chi connectivity index (χ4v) is 1.85. The maximum atomic E-state index is 12.9. The Morgan fingerprint density at radius 2 is 2.00 bits per heavy atom. The van der Waals surface area contributed by atoms with E-state index in [2.05, 4.69) is 0 Å². The van der Waals surface area contributed by atoms with Gasteiger partial charge in [0.1, 0.15) is 24.3 Å². The molecule has 2 aromatic carbocycles. The summed E-state index contributed by atoms with van der Waals surface area (Å²) in [5, 5.41) is 10.0. The summed E-state index contributed by atoms with van der Waals surface area (Å²) in [6.07, 6.45) is -0.814. The van der Waals surface area contributed by atoms with Crippen LogP contribution in [0.1, 0.15) is 17.2 Å². The van der Waals surface area contributed by atoms with Crippen molar-refractivity contribution >= 4 is 5.69 Å². The van der Waals surface area contributed by atoms with E-state index in [9.17, 15) is 9.50 Å². The van der Waals surface area contributed by atoms with E-state index in [0.29, 0.717) is 22.6 Å². The van der Waals surface area contributed by atoms with Crippen molar-refractivity contribution in [3.8, 4) is 5.75 Å². The minimum atomic E-state index is -0.814. The minimum absolute atomic E-state index is 0.0701. The fourth-order valence-electron chi connectivity index (χ4n) is 1.85. The summed E-state index contributed by atoms with van der Waals surface area (Å²) < 4.78 is 18.4. The predicted molar refractivity (Wildman–Crippen MR) is 72.4 cm³/mol. The van der Waals surface area contributed by atoms with Gasteiger partial charge in [-0.3, -0.25) is 0 Å². The number of aliphatic hydroxyl groups excluding tert-OH is 1. The molecule has 0 fully saturated rings. The molecule has 4 heteroatoms. The smallest absolute Gasteiger partial charge is 0.123 e. The lowest BCUT2D eigenvalue weighted by Crippen LogP contribution is -2.12. The van der Waals surface area contributed by atoms with Crippen molar-refractivity contribution < 1.29 is 14.2 Å². The van der Waals surface area contributed by atoms with Crippen molar-refractivity contribution in [2.24, 2.45) is 0 Å². The molecule has 0 radical (unpaired) electrons. The number of aryl methyl sites for hydroxylation is 1. The molecule has 0 amide bonds. The second-order valence-corrected chi connectivity index (χ2v) is 4.37. The summed E-state index contributed by atoms with van der Waals surface area (Å²) in [7, 11) is 0. The van der Waals surface area contributed by atoms with Crippen LogP contribution in [0.15, 0.2) is 42.5 Å². The van der Waals surface area contributed by atoms with Gasteiger partial charge in [0.05, 0.1) is 0 Å². The van der Waals surface area contributed by atoms with Crippen molar-refractivity contribution in [1.29, 1.82) is 0 Å². The first kappa shape index (κ1) is 13.4. The van der Waals surface area contributed by atoms with Crippen molar-refractivity contribution in [3.63, 3.8) is 0 Å². The van der Waals surface area contributed by atoms with Crippen molar-refractivity contribution in [2.45, 2.75) is 13.0 Å². The fraction of sp³-hybridized carbons (Fsp3) is 0.200. The van der Waals surface area contributed by atoms with Crippen LogP contribution in [0.4, 0.5) is 10.1 Å². The first-order valence-electron chi connectivity index (χ1n) is 5.99. The van der Waals surface area contributed by atoms with E-state index < -0.39 is 6.10 Å². The molecule has 0 aliphatic rings. The number of hydrogen-bond acceptors (Lipinski definition) is 3. The highest BCUT2D eigenvalue weighted by Crippen LogP contribution is 2.23. The normalized spacial score (nSPS) is 12.2. The molecule has 0 spiro atoms. The molecule has 0 saturated carbocycles. The van der Waals surface area contributed by atoms with Crippen molar-refractivity contribution in [2.75, 3.05) is 12.3 Å². The topological polar surface area (TPSA) is 55.5 Å². The van der Waals surface area contributed by atoms with Crippen LogP contribution in [0.25, 0.3) is 0 Å². The van der Waals surface area contributed by atoms with Crippen LogP contribution in [0.2, 0.25) is 0 Å². The van der Waals surface area contributed by atoms with E-state index in [4.69, 9.17) is 10.5 Å². The van der Waals surface area contributed by atoms with Gasteiger partial charge in [0, 0.05) is 11.3 Å². The van der Waals surface area contributed by atoms with Crippen LogP contribution < -0.4 is 10.5 Å². The Bertz CT molecular complexity index is 572. The number of anilines is 1. The van der Waals surface area contributed by atoms with Gasteiger partial charge in [0.15, 0.2) is 0 Å². The lowest BCUT2D eigenvalue weighted by atomic mass is 10.1. The number of benzene rings is 2. The third-order valence-corrected chi connectivity index (χ3v) is 2.89. The average molecular weight is 261 g/mol. The molecule has 0 saturated heterocycles. The largest absolute Gasteiger partial charge is 0.490 e. The highest BCUT2D eigenvalue weighted by atomic mass is 19.1. The van der Waals surface area contributed by atoms with Gasteiger partial charge in [-0.15, -0.1) is 0 Å². The number of rotatable bonds is 4. The average Bonchev–Trinajstić information content (AvgIpc) is 2.38. The molecule has 1 unspecified atom stereocenters. The zero-order chi connectivity index (χ0) is 13.8. The second-order valence-electron chi connectivity index (χ2n) is 4.37. The Morgan fingerprint density at radius 3 is 2.68 bits per heavy atom. The van der Waals surface area contributed by atoms with E-state index in [0.717, 1.165) is 0 Å². The summed E-state index contributed by atoms with van der Waals surface area (Å²) in [6, 6.07) is 11.3. The molecule has 100 valence electrons. The molecule has 0 aliphatic heterocycles. The number of aliphatic hydroxyl groups is 1. The molecule has 3 N–H and O–H groups in total. The number of nitrogen functional groups attached to an aromatic ring is 1. The first-order valence-corrected chi connectivity index (χ1v) is 5.99. The summed E-state index contributed by atoms with van der Waals surface area (Å²) in [4.78, 5) is 0. The zero-order valence-corrected chi connectivity index (χ0v) is 10.6. The Kier molecular flexibility index (Phi) is 4.02. The zero-order valence-electron chi connectivity index (χ0n) is 10.6. The molecule has 1 atom stereocenters. The maximum Gasteiger partial charge on any atom is 0.123 e. The molecule has 2 rings (SSSR count). The SMILES string of the molecule is Cc1cc(F)ccc1OCC(O)c1ccccc1N. The number of halogens is 1. The van der Waals surface area contributed by atoms with Crippen LogP contribution in [0.5, 0.6) is 5.75 Å². The van der Waals surface area contributed by atoms with Gasteiger partial charge in [-0.1, -0.05) is 18.2 Å². The Labute approximate surface area is 111 Å². The quantitative estimate of drug-likeness (QED) is 0.832. The number of hydrogen-bond donors (Lipinski definition) is 2. The van der Waals surface area contributed by atoms with Crippen LogP contribution in [-0.4, -0.2) is 11.7 Å². The van der Waals surface area contributed by atoms with Crippen LogP contribution in [0.3, 0.4) is 0 Å². The predicted octanol–water partition coefficient (Wildman–Crippen LogP) is 2.83. The van der Waals surface area contributed by atoms with Gasteiger partial charge < -0.3 is 15.6 Å². The maximum absolute atomic E-state index is 12.9. The number of para-hydroxylation sites is 1. The highest BCUT2D eigenvalue weighted by molar-refractivity contribution is 5.47. The molecule has 0 aromatic heterocycles. The van der Waals surface area contributed by atoms with E-state index in [1.54, 1.807) is 37.3 Å². The van der Waals surface area contributed by atoms with Crippen molar-refractivity contribution in [3.05, 3.63) is 59.4 Å². The molecular weight excluding hydrogens is 245 g/mol. The highest BCUT2D eigenvalue weighted by Gasteiger charge is 2.12. The van der Waals surface area contributed by atoms with Crippen LogP contribution in [0, 0.1) is 12.7 Å². The summed E-state index contributed by atoms with van der Waals surface area (Å²) in [6.45, 7) is 1.82. The lowest BCUT2D eigenvalue weighted by Gasteiger charge is -2.15. The van der Waals surface area contributed by atoms with Crippen molar-refractivity contribution in [1.82, 2.24) is 0 Å². The third kappa shape index (κ3) is 3.23. The molecule has 3 nitrogen and oxygen atoms in total. The summed E-state index contributed by atoms with van der Waals surface area (Å²) in [5.41, 5.74) is 7.61. The molecular formula is C15H16FNO2. The van der Waals surface area contributed by atoms with Crippen LogP contribution >= 0.6 is 0 Å². The molecule has 2 aromatic rings. The molecule has 19 heavy (non-hydrogen) atoms.